The molecule has 3 aromatic rings. The van der Waals surface area contributed by atoms with Crippen molar-refractivity contribution in [2.75, 3.05) is 0 Å². The maximum absolute atomic E-state index is 5.54. The van der Waals surface area contributed by atoms with Crippen LogP contribution in [0.1, 0.15) is 50.9 Å². The third-order valence-corrected chi connectivity index (χ3v) is 5.46. The van der Waals surface area contributed by atoms with Gasteiger partial charge in [-0.2, -0.15) is 10.2 Å². The average molecular weight is 418 g/mol. The Morgan fingerprint density at radius 2 is 1.25 bits per heavy atom. The van der Waals surface area contributed by atoms with E-state index in [-0.39, 0.29) is 0 Å². The monoisotopic (exact) mass is 417 g/mol. The van der Waals surface area contributed by atoms with E-state index in [1.54, 1.807) is 12.7 Å². The first-order valence-corrected chi connectivity index (χ1v) is 10.6. The lowest BCUT2D eigenvalue weighted by Crippen LogP contribution is -2.07. The Hall–Kier alpha value is -2.13. The number of aryl methyl sites for hydroxylation is 2. The maximum Gasteiger partial charge on any atom is 0.197 e. The lowest BCUT2D eigenvalue weighted by atomic mass is 10.3. The van der Waals surface area contributed by atoms with Gasteiger partial charge in [0.2, 0.25) is 0 Å². The molecule has 0 saturated carbocycles. The molecule has 0 atom stereocenters. The summed E-state index contributed by atoms with van der Waals surface area (Å²) in [6.07, 6.45) is 7.98. The fourth-order valence-electron chi connectivity index (χ4n) is 2.94. The summed E-state index contributed by atoms with van der Waals surface area (Å²) in [4.78, 5) is 4.78. The van der Waals surface area contributed by atoms with Crippen LogP contribution in [0.3, 0.4) is 0 Å². The van der Waals surface area contributed by atoms with Crippen LogP contribution in [-0.2, 0) is 26.2 Å². The van der Waals surface area contributed by atoms with Crippen molar-refractivity contribution in [3.8, 4) is 0 Å². The van der Waals surface area contributed by atoms with Gasteiger partial charge in [-0.05, 0) is 49.4 Å². The summed E-state index contributed by atoms with van der Waals surface area (Å²) in [6.45, 7) is 7.26. The number of hydrogen-bond donors (Lipinski definition) is 0. The van der Waals surface area contributed by atoms with Crippen LogP contribution in [0.25, 0.3) is 0 Å². The largest absolute Gasteiger partial charge is 0.300 e. The first kappa shape index (κ1) is 20.6. The first-order chi connectivity index (χ1) is 13.6. The molecule has 0 amide bonds. The molecule has 7 nitrogen and oxygen atoms in total. The van der Waals surface area contributed by atoms with E-state index >= 15 is 0 Å². The molecule has 0 aliphatic rings. The molecule has 28 heavy (non-hydrogen) atoms. The van der Waals surface area contributed by atoms with E-state index in [1.165, 1.54) is 0 Å². The zero-order valence-electron chi connectivity index (χ0n) is 16.5. The summed E-state index contributed by atoms with van der Waals surface area (Å²) < 4.78 is 9.16. The topological polar surface area (TPSA) is 58.4 Å². The summed E-state index contributed by atoms with van der Waals surface area (Å²) in [7, 11) is 0. The van der Waals surface area contributed by atoms with Gasteiger partial charge in [0.15, 0.2) is 9.54 Å². The Morgan fingerprint density at radius 3 is 1.68 bits per heavy atom. The van der Waals surface area contributed by atoms with E-state index in [4.69, 9.17) is 29.4 Å². The van der Waals surface area contributed by atoms with E-state index in [9.17, 15) is 0 Å². The lowest BCUT2D eigenvalue weighted by Gasteiger charge is -2.06. The highest BCUT2D eigenvalue weighted by atomic mass is 32.1. The van der Waals surface area contributed by atoms with Crippen molar-refractivity contribution in [3.63, 3.8) is 0 Å². The SMILES string of the molecule is CCCCn1ncn(Cc2cccc(Cn3cnn(CCCC)c3=S)n2)c1=S. The Morgan fingerprint density at radius 1 is 0.786 bits per heavy atom. The third kappa shape index (κ3) is 5.02. The summed E-state index contributed by atoms with van der Waals surface area (Å²) in [6, 6.07) is 6.05. The summed E-state index contributed by atoms with van der Waals surface area (Å²) in [5.74, 6) is 0. The van der Waals surface area contributed by atoms with Crippen molar-refractivity contribution < 1.29 is 0 Å². The Bertz CT molecular complexity index is 934. The number of nitrogens with zero attached hydrogens (tertiary/aromatic N) is 7. The second-order valence-corrected chi connectivity index (χ2v) is 7.59. The highest BCUT2D eigenvalue weighted by Crippen LogP contribution is 2.07. The van der Waals surface area contributed by atoms with E-state index in [2.05, 4.69) is 24.0 Å². The van der Waals surface area contributed by atoms with E-state index < -0.39 is 0 Å². The quantitative estimate of drug-likeness (QED) is 0.462. The van der Waals surface area contributed by atoms with Crippen molar-refractivity contribution in [2.24, 2.45) is 0 Å². The van der Waals surface area contributed by atoms with Crippen molar-refractivity contribution in [1.29, 1.82) is 0 Å². The van der Waals surface area contributed by atoms with Crippen LogP contribution >= 0.6 is 24.4 Å². The molecule has 9 heteroatoms. The molecule has 0 N–H and O–H groups in total. The van der Waals surface area contributed by atoms with Crippen molar-refractivity contribution >= 4 is 24.4 Å². The Balaban J connectivity index is 1.71. The predicted molar refractivity (Wildman–Crippen MR) is 114 cm³/mol. The van der Waals surface area contributed by atoms with Crippen molar-refractivity contribution in [1.82, 2.24) is 33.7 Å². The minimum Gasteiger partial charge on any atom is -0.300 e. The van der Waals surface area contributed by atoms with Gasteiger partial charge in [-0.3, -0.25) is 4.98 Å². The maximum atomic E-state index is 5.54. The van der Waals surface area contributed by atoms with Gasteiger partial charge >= 0.3 is 0 Å². The fourth-order valence-corrected chi connectivity index (χ4v) is 3.44. The van der Waals surface area contributed by atoms with Crippen LogP contribution < -0.4 is 0 Å². The van der Waals surface area contributed by atoms with Crippen LogP contribution in [0, 0.1) is 9.54 Å². The second-order valence-electron chi connectivity index (χ2n) is 6.86. The summed E-state index contributed by atoms with van der Waals surface area (Å²) in [5.41, 5.74) is 1.90. The number of unbranched alkanes of at least 4 members (excludes halogenated alkanes) is 2. The molecular weight excluding hydrogens is 390 g/mol. The van der Waals surface area contributed by atoms with Gasteiger partial charge in [-0.15, -0.1) is 0 Å². The first-order valence-electron chi connectivity index (χ1n) is 9.81. The Kier molecular flexibility index (Phi) is 7.27. The van der Waals surface area contributed by atoms with Gasteiger partial charge in [0.1, 0.15) is 12.7 Å². The summed E-state index contributed by atoms with van der Waals surface area (Å²) in [5, 5.41) is 8.79. The average Bonchev–Trinajstić information content (AvgIpc) is 3.22. The molecule has 3 heterocycles. The molecule has 0 aliphatic carbocycles. The molecule has 0 unspecified atom stereocenters. The number of rotatable bonds is 10. The summed E-state index contributed by atoms with van der Waals surface area (Å²) >= 11 is 11.1. The number of hydrogen-bond acceptors (Lipinski definition) is 5. The van der Waals surface area contributed by atoms with Gasteiger partial charge in [0, 0.05) is 13.1 Å². The number of pyridine rings is 1. The van der Waals surface area contributed by atoms with Crippen molar-refractivity contribution in [2.45, 2.75) is 65.7 Å². The predicted octanol–water partition coefficient (Wildman–Crippen LogP) is 4.23. The molecule has 0 radical (unpaired) electrons. The van der Waals surface area contributed by atoms with Crippen LogP contribution in [0.2, 0.25) is 0 Å². The molecule has 150 valence electrons. The second kappa shape index (κ2) is 9.88. The van der Waals surface area contributed by atoms with Crippen LogP contribution in [-0.4, -0.2) is 33.7 Å². The fraction of sp³-hybridized carbons (Fsp3) is 0.526. The normalized spacial score (nSPS) is 11.2. The minimum atomic E-state index is 0.611. The molecule has 0 aliphatic heterocycles. The zero-order chi connectivity index (χ0) is 19.9. The van der Waals surface area contributed by atoms with Crippen LogP contribution in [0.5, 0.6) is 0 Å². The highest BCUT2D eigenvalue weighted by Gasteiger charge is 2.06. The minimum absolute atomic E-state index is 0.611. The van der Waals surface area contributed by atoms with Gasteiger partial charge in [0.05, 0.1) is 24.5 Å². The molecule has 3 aromatic heterocycles. The smallest absolute Gasteiger partial charge is 0.197 e. The van der Waals surface area contributed by atoms with E-state index in [0.29, 0.717) is 13.1 Å². The van der Waals surface area contributed by atoms with Gasteiger partial charge < -0.3 is 9.13 Å². The van der Waals surface area contributed by atoms with Gasteiger partial charge in [-0.1, -0.05) is 32.8 Å². The molecule has 0 aromatic carbocycles. The molecule has 0 saturated heterocycles. The van der Waals surface area contributed by atoms with Gasteiger partial charge in [0.25, 0.3) is 0 Å². The molecular formula is C19H27N7S2. The van der Waals surface area contributed by atoms with E-state index in [1.807, 2.05) is 36.7 Å². The molecule has 3 rings (SSSR count). The molecule has 0 bridgehead atoms. The van der Waals surface area contributed by atoms with Crippen LogP contribution in [0.15, 0.2) is 30.9 Å². The highest BCUT2D eigenvalue weighted by molar-refractivity contribution is 7.71. The third-order valence-electron chi connectivity index (χ3n) is 4.57. The van der Waals surface area contributed by atoms with E-state index in [0.717, 1.165) is 59.7 Å². The number of aromatic nitrogens is 7. The van der Waals surface area contributed by atoms with Crippen LogP contribution in [0.4, 0.5) is 0 Å². The zero-order valence-corrected chi connectivity index (χ0v) is 18.1. The Labute approximate surface area is 175 Å². The van der Waals surface area contributed by atoms with Crippen molar-refractivity contribution in [3.05, 3.63) is 51.8 Å². The standard InChI is InChI=1S/C19H27N7S2/c1-3-5-10-25-18(27)23(14-20-25)12-16-8-7-9-17(22-16)13-24-15-21-26(19(24)28)11-6-4-2/h7-9,14-15H,3-6,10-13H2,1-2H3. The lowest BCUT2D eigenvalue weighted by molar-refractivity contribution is 0.557. The van der Waals surface area contributed by atoms with Gasteiger partial charge in [-0.25, -0.2) is 9.36 Å². The molecule has 0 spiro atoms. The molecule has 0 fully saturated rings.